The number of nitrogens with one attached hydrogen (secondary N) is 1. The Bertz CT molecular complexity index is 1080. The Kier molecular flexibility index (Phi) is 9.61. The number of hydrogen-bond acceptors (Lipinski definition) is 6. The number of hydrogen-bond donors (Lipinski definition) is 1. The Balaban J connectivity index is 1.74. The molecule has 9 heteroatoms. The highest BCUT2D eigenvalue weighted by Crippen LogP contribution is 2.24. The van der Waals surface area contributed by atoms with E-state index < -0.39 is 16.1 Å². The van der Waals surface area contributed by atoms with Gasteiger partial charge in [0.05, 0.1) is 5.75 Å². The standard InChI is InChI=1S/C24H31BrN4O3S/c1-3-29(4-2)17-8-18-33(30,31)28-22(16-11-19-9-6-5-7-10-19)24-26-23(27-32-24)20-12-14-21(25)15-13-20/h5-7,9-10,12-15,22,28H,3-4,8,11,16-18H2,1-2H3/t22-/m1/s1. The van der Waals surface area contributed by atoms with E-state index in [0.29, 0.717) is 25.1 Å². The van der Waals surface area contributed by atoms with Crippen LogP contribution in [0.15, 0.2) is 63.6 Å². The lowest BCUT2D eigenvalue weighted by Crippen LogP contribution is -2.33. The maximum absolute atomic E-state index is 12.9. The molecule has 1 N–H and O–H groups in total. The van der Waals surface area contributed by atoms with E-state index in [1.807, 2.05) is 54.6 Å². The van der Waals surface area contributed by atoms with Gasteiger partial charge in [-0.1, -0.05) is 65.3 Å². The van der Waals surface area contributed by atoms with E-state index in [0.717, 1.165) is 35.2 Å². The van der Waals surface area contributed by atoms with Crippen LogP contribution in [0.4, 0.5) is 0 Å². The molecule has 0 fully saturated rings. The first-order chi connectivity index (χ1) is 15.9. The van der Waals surface area contributed by atoms with Crippen molar-refractivity contribution in [2.45, 2.75) is 39.2 Å². The van der Waals surface area contributed by atoms with Crippen LogP contribution in [0.2, 0.25) is 0 Å². The number of halogens is 1. The highest BCUT2D eigenvalue weighted by atomic mass is 79.9. The first-order valence-electron chi connectivity index (χ1n) is 11.3. The second-order valence-corrected chi connectivity index (χ2v) is 10.6. The van der Waals surface area contributed by atoms with E-state index in [4.69, 9.17) is 4.52 Å². The van der Waals surface area contributed by atoms with Crippen molar-refractivity contribution in [3.05, 3.63) is 70.5 Å². The van der Waals surface area contributed by atoms with Crippen molar-refractivity contribution in [3.63, 3.8) is 0 Å². The first kappa shape index (κ1) is 25.6. The van der Waals surface area contributed by atoms with Crippen molar-refractivity contribution < 1.29 is 12.9 Å². The van der Waals surface area contributed by atoms with Gasteiger partial charge >= 0.3 is 0 Å². The molecule has 3 aromatic rings. The van der Waals surface area contributed by atoms with E-state index in [1.54, 1.807) is 0 Å². The topological polar surface area (TPSA) is 88.3 Å². The van der Waals surface area contributed by atoms with Crippen molar-refractivity contribution in [1.29, 1.82) is 0 Å². The summed E-state index contributed by atoms with van der Waals surface area (Å²) in [5.41, 5.74) is 1.92. The van der Waals surface area contributed by atoms with Crippen molar-refractivity contribution in [2.24, 2.45) is 0 Å². The van der Waals surface area contributed by atoms with E-state index >= 15 is 0 Å². The maximum Gasteiger partial charge on any atom is 0.245 e. The molecule has 0 saturated carbocycles. The van der Waals surface area contributed by atoms with Crippen molar-refractivity contribution in [2.75, 3.05) is 25.4 Å². The molecule has 178 valence electrons. The minimum atomic E-state index is -3.52. The summed E-state index contributed by atoms with van der Waals surface area (Å²) in [4.78, 5) is 6.73. The highest BCUT2D eigenvalue weighted by Gasteiger charge is 2.25. The van der Waals surface area contributed by atoms with E-state index in [-0.39, 0.29) is 11.6 Å². The van der Waals surface area contributed by atoms with E-state index in [9.17, 15) is 8.42 Å². The summed E-state index contributed by atoms with van der Waals surface area (Å²) in [6.07, 6.45) is 1.77. The molecule has 0 saturated heterocycles. The molecule has 0 radical (unpaired) electrons. The monoisotopic (exact) mass is 534 g/mol. The van der Waals surface area contributed by atoms with E-state index in [2.05, 4.69) is 49.5 Å². The minimum absolute atomic E-state index is 0.0546. The van der Waals surface area contributed by atoms with Crippen LogP contribution >= 0.6 is 15.9 Å². The molecule has 0 aliphatic rings. The van der Waals surface area contributed by atoms with Crippen LogP contribution in [0, 0.1) is 0 Å². The van der Waals surface area contributed by atoms with Crippen LogP contribution in [0.25, 0.3) is 11.4 Å². The van der Waals surface area contributed by atoms with Crippen LogP contribution in [0.3, 0.4) is 0 Å². The molecule has 1 aromatic heterocycles. The summed E-state index contributed by atoms with van der Waals surface area (Å²) in [5.74, 6) is 0.762. The van der Waals surface area contributed by atoms with Crippen LogP contribution in [-0.2, 0) is 16.4 Å². The lowest BCUT2D eigenvalue weighted by molar-refractivity contribution is 0.304. The fraction of sp³-hybridized carbons (Fsp3) is 0.417. The normalized spacial score (nSPS) is 12.8. The lowest BCUT2D eigenvalue weighted by Gasteiger charge is -2.19. The fourth-order valence-electron chi connectivity index (χ4n) is 3.58. The van der Waals surface area contributed by atoms with Gasteiger partial charge in [0.1, 0.15) is 6.04 Å². The van der Waals surface area contributed by atoms with Crippen LogP contribution in [0.1, 0.15) is 44.2 Å². The first-order valence-corrected chi connectivity index (χ1v) is 13.7. The van der Waals surface area contributed by atoms with Gasteiger partial charge in [-0.05, 0) is 68.7 Å². The third-order valence-electron chi connectivity index (χ3n) is 5.51. The molecule has 1 atom stereocenters. The summed E-state index contributed by atoms with van der Waals surface area (Å²) >= 11 is 3.42. The average molecular weight is 536 g/mol. The third kappa shape index (κ3) is 8.03. The Hall–Kier alpha value is -2.07. The summed E-state index contributed by atoms with van der Waals surface area (Å²) < 4.78 is 35.0. The Morgan fingerprint density at radius 2 is 1.76 bits per heavy atom. The molecule has 2 aromatic carbocycles. The van der Waals surface area contributed by atoms with Crippen molar-refractivity contribution >= 4 is 26.0 Å². The Morgan fingerprint density at radius 3 is 2.42 bits per heavy atom. The van der Waals surface area contributed by atoms with Crippen LogP contribution in [-0.4, -0.2) is 48.8 Å². The zero-order valence-electron chi connectivity index (χ0n) is 19.1. The second-order valence-electron chi connectivity index (χ2n) is 7.86. The predicted molar refractivity (Wildman–Crippen MR) is 134 cm³/mol. The van der Waals surface area contributed by atoms with Gasteiger partial charge in [-0.2, -0.15) is 4.98 Å². The summed E-state index contributed by atoms with van der Waals surface area (Å²) in [5, 5.41) is 4.09. The molecule has 0 aliphatic carbocycles. The molecule has 0 unspecified atom stereocenters. The molecular formula is C24H31BrN4O3S. The van der Waals surface area contributed by atoms with Crippen LogP contribution in [0.5, 0.6) is 0 Å². The predicted octanol–water partition coefficient (Wildman–Crippen LogP) is 4.82. The van der Waals surface area contributed by atoms with Gasteiger partial charge in [-0.15, -0.1) is 0 Å². The van der Waals surface area contributed by atoms with Crippen molar-refractivity contribution in [1.82, 2.24) is 19.8 Å². The number of aryl methyl sites for hydroxylation is 1. The van der Waals surface area contributed by atoms with Crippen molar-refractivity contribution in [3.8, 4) is 11.4 Å². The van der Waals surface area contributed by atoms with Gasteiger partial charge in [0.15, 0.2) is 0 Å². The summed E-state index contributed by atoms with van der Waals surface area (Å²) in [6, 6.07) is 16.9. The zero-order chi connectivity index (χ0) is 23.7. The lowest BCUT2D eigenvalue weighted by atomic mass is 10.1. The quantitative estimate of drug-likeness (QED) is 0.338. The second kappa shape index (κ2) is 12.4. The van der Waals surface area contributed by atoms with Crippen LogP contribution < -0.4 is 4.72 Å². The van der Waals surface area contributed by atoms with Gasteiger partial charge < -0.3 is 9.42 Å². The summed E-state index contributed by atoms with van der Waals surface area (Å²) in [6.45, 7) is 6.72. The molecule has 0 aliphatic heterocycles. The van der Waals surface area contributed by atoms with Gasteiger partial charge in [-0.3, -0.25) is 0 Å². The number of sulfonamides is 1. The van der Waals surface area contributed by atoms with Gasteiger partial charge in [0.25, 0.3) is 0 Å². The fourth-order valence-corrected chi connectivity index (χ4v) is 5.12. The molecule has 33 heavy (non-hydrogen) atoms. The van der Waals surface area contributed by atoms with E-state index in [1.165, 1.54) is 0 Å². The molecular weight excluding hydrogens is 504 g/mol. The summed E-state index contributed by atoms with van der Waals surface area (Å²) in [7, 11) is -3.52. The average Bonchev–Trinajstić information content (AvgIpc) is 3.31. The number of benzene rings is 2. The molecule has 7 nitrogen and oxygen atoms in total. The largest absolute Gasteiger partial charge is 0.337 e. The number of aromatic nitrogens is 2. The maximum atomic E-state index is 12.9. The smallest absolute Gasteiger partial charge is 0.245 e. The molecule has 0 amide bonds. The van der Waals surface area contributed by atoms with Gasteiger partial charge in [0, 0.05) is 10.0 Å². The minimum Gasteiger partial charge on any atom is -0.337 e. The zero-order valence-corrected chi connectivity index (χ0v) is 21.5. The van der Waals surface area contributed by atoms with Gasteiger partial charge in [0.2, 0.25) is 21.7 Å². The molecule has 0 bridgehead atoms. The number of nitrogens with zero attached hydrogens (tertiary/aromatic N) is 3. The highest BCUT2D eigenvalue weighted by molar-refractivity contribution is 9.10. The molecule has 3 rings (SSSR count). The third-order valence-corrected chi connectivity index (χ3v) is 7.51. The Morgan fingerprint density at radius 1 is 1.06 bits per heavy atom. The Labute approximate surface area is 204 Å². The SMILES string of the molecule is CCN(CC)CCCS(=O)(=O)N[C@H](CCc1ccccc1)c1nc(-c2ccc(Br)cc2)no1. The number of rotatable bonds is 13. The molecule has 1 heterocycles. The molecule has 0 spiro atoms. The van der Waals surface area contributed by atoms with Gasteiger partial charge in [-0.25, -0.2) is 13.1 Å².